The summed E-state index contributed by atoms with van der Waals surface area (Å²) in [5.74, 6) is 1.52. The van der Waals surface area contributed by atoms with Crippen molar-refractivity contribution in [3.8, 4) is 17.2 Å². The Kier molecular flexibility index (Phi) is 6.22. The SMILES string of the molecule is COc1ccc(CN2CC3(CCOc4ccc(Cl)cc43)C(=O)N(c3cncc(C)c3)C2=O)c(OC)c1. The van der Waals surface area contributed by atoms with Crippen LogP contribution < -0.4 is 19.1 Å². The van der Waals surface area contributed by atoms with Crippen LogP contribution >= 0.6 is 11.6 Å². The molecule has 8 nitrogen and oxygen atoms in total. The maximum Gasteiger partial charge on any atom is 0.331 e. The van der Waals surface area contributed by atoms with Crippen molar-refractivity contribution in [3.63, 3.8) is 0 Å². The van der Waals surface area contributed by atoms with Gasteiger partial charge in [0.2, 0.25) is 5.91 Å². The number of urea groups is 1. The second-order valence-corrected chi connectivity index (χ2v) is 9.43. The van der Waals surface area contributed by atoms with E-state index in [9.17, 15) is 9.59 Å². The molecule has 1 spiro atoms. The third-order valence-electron chi connectivity index (χ3n) is 6.75. The fraction of sp³-hybridized carbons (Fsp3) is 0.296. The molecular weight excluding hydrogens is 482 g/mol. The van der Waals surface area contributed by atoms with E-state index in [1.54, 1.807) is 55.6 Å². The molecule has 5 rings (SSSR count). The van der Waals surface area contributed by atoms with Gasteiger partial charge in [-0.2, -0.15) is 0 Å². The fourth-order valence-electron chi connectivity index (χ4n) is 4.96. The number of ether oxygens (including phenoxy) is 3. The zero-order chi connectivity index (χ0) is 25.4. The topological polar surface area (TPSA) is 81.2 Å². The lowest BCUT2D eigenvalue weighted by Crippen LogP contribution is -2.65. The molecule has 2 aromatic carbocycles. The average molecular weight is 508 g/mol. The summed E-state index contributed by atoms with van der Waals surface area (Å²) in [5, 5.41) is 0.496. The van der Waals surface area contributed by atoms with Crippen molar-refractivity contribution in [2.45, 2.75) is 25.3 Å². The van der Waals surface area contributed by atoms with Crippen LogP contribution in [-0.2, 0) is 16.8 Å². The van der Waals surface area contributed by atoms with Crippen molar-refractivity contribution < 1.29 is 23.8 Å². The van der Waals surface area contributed by atoms with Crippen LogP contribution in [0.5, 0.6) is 17.2 Å². The van der Waals surface area contributed by atoms with Crippen molar-refractivity contribution in [3.05, 3.63) is 76.6 Å². The van der Waals surface area contributed by atoms with E-state index in [4.69, 9.17) is 25.8 Å². The Balaban J connectivity index is 1.64. The Morgan fingerprint density at radius 3 is 2.67 bits per heavy atom. The third kappa shape index (κ3) is 4.01. The lowest BCUT2D eigenvalue weighted by atomic mass is 9.73. The number of rotatable bonds is 5. The zero-order valence-corrected chi connectivity index (χ0v) is 21.0. The van der Waals surface area contributed by atoms with Gasteiger partial charge in [0.25, 0.3) is 0 Å². The Morgan fingerprint density at radius 2 is 1.92 bits per heavy atom. The molecule has 3 heterocycles. The Labute approximate surface area is 214 Å². The monoisotopic (exact) mass is 507 g/mol. The van der Waals surface area contributed by atoms with Crippen molar-refractivity contribution >= 4 is 29.2 Å². The quantitative estimate of drug-likeness (QED) is 0.495. The van der Waals surface area contributed by atoms with Gasteiger partial charge in [0.1, 0.15) is 17.2 Å². The molecule has 0 aliphatic carbocycles. The van der Waals surface area contributed by atoms with E-state index in [0.29, 0.717) is 46.5 Å². The van der Waals surface area contributed by atoms with Crippen LogP contribution in [0.4, 0.5) is 10.5 Å². The minimum Gasteiger partial charge on any atom is -0.497 e. The molecule has 186 valence electrons. The number of carbonyl (C=O) groups is 2. The maximum absolute atomic E-state index is 14.2. The first-order chi connectivity index (χ1) is 17.4. The highest BCUT2D eigenvalue weighted by atomic mass is 35.5. The molecule has 0 radical (unpaired) electrons. The van der Waals surface area contributed by atoms with Crippen molar-refractivity contribution in [2.75, 3.05) is 32.3 Å². The van der Waals surface area contributed by atoms with Crippen LogP contribution in [0.15, 0.2) is 54.9 Å². The second-order valence-electron chi connectivity index (χ2n) is 9.00. The third-order valence-corrected chi connectivity index (χ3v) is 6.99. The number of aromatic nitrogens is 1. The van der Waals surface area contributed by atoms with E-state index in [-0.39, 0.29) is 19.0 Å². The van der Waals surface area contributed by atoms with Crippen LogP contribution in [0.1, 0.15) is 23.1 Å². The molecule has 3 amide bonds. The average Bonchev–Trinajstić information content (AvgIpc) is 2.88. The van der Waals surface area contributed by atoms with Gasteiger partial charge < -0.3 is 19.1 Å². The summed E-state index contributed by atoms with van der Waals surface area (Å²) in [6.45, 7) is 2.61. The number of fused-ring (bicyclic) bond motifs is 2. The lowest BCUT2D eigenvalue weighted by Gasteiger charge is -2.48. The maximum atomic E-state index is 14.2. The number of pyridine rings is 1. The summed E-state index contributed by atoms with van der Waals surface area (Å²) in [7, 11) is 3.15. The molecule has 2 aliphatic rings. The molecule has 3 aromatic rings. The molecule has 36 heavy (non-hydrogen) atoms. The number of methoxy groups -OCH3 is 2. The summed E-state index contributed by atoms with van der Waals surface area (Å²) in [5.41, 5.74) is 1.70. The summed E-state index contributed by atoms with van der Waals surface area (Å²) in [6, 6.07) is 12.1. The Hall–Kier alpha value is -3.78. The number of carbonyl (C=O) groups excluding carboxylic acids is 2. The van der Waals surface area contributed by atoms with Crippen molar-refractivity contribution in [1.82, 2.24) is 9.88 Å². The van der Waals surface area contributed by atoms with Crippen molar-refractivity contribution in [2.24, 2.45) is 0 Å². The smallest absolute Gasteiger partial charge is 0.331 e. The minimum absolute atomic E-state index is 0.173. The number of hydrogen-bond donors (Lipinski definition) is 0. The van der Waals surface area contributed by atoms with E-state index in [0.717, 1.165) is 11.1 Å². The van der Waals surface area contributed by atoms with E-state index < -0.39 is 11.4 Å². The molecule has 9 heteroatoms. The van der Waals surface area contributed by atoms with Crippen molar-refractivity contribution in [1.29, 1.82) is 0 Å². The molecule has 1 atom stereocenters. The van der Waals surface area contributed by atoms with Crippen LogP contribution in [0, 0.1) is 6.92 Å². The van der Waals surface area contributed by atoms with Gasteiger partial charge in [0, 0.05) is 41.4 Å². The number of hydrogen-bond acceptors (Lipinski definition) is 6. The van der Waals surface area contributed by atoms with Gasteiger partial charge in [-0.15, -0.1) is 0 Å². The number of halogens is 1. The van der Waals surface area contributed by atoms with E-state index in [1.807, 2.05) is 19.1 Å². The van der Waals surface area contributed by atoms with Gasteiger partial charge in [-0.1, -0.05) is 11.6 Å². The van der Waals surface area contributed by atoms with E-state index in [1.165, 1.54) is 11.1 Å². The predicted molar refractivity (Wildman–Crippen MR) is 135 cm³/mol. The zero-order valence-electron chi connectivity index (χ0n) is 20.3. The van der Waals surface area contributed by atoms with E-state index in [2.05, 4.69) is 4.98 Å². The lowest BCUT2D eigenvalue weighted by molar-refractivity contribution is -0.126. The number of benzene rings is 2. The molecule has 2 aliphatic heterocycles. The first kappa shape index (κ1) is 23.9. The highest BCUT2D eigenvalue weighted by Crippen LogP contribution is 2.45. The van der Waals surface area contributed by atoms with Crippen LogP contribution in [0.2, 0.25) is 5.02 Å². The van der Waals surface area contributed by atoms with Crippen LogP contribution in [0.25, 0.3) is 0 Å². The number of imide groups is 1. The minimum atomic E-state index is -1.03. The van der Waals surface area contributed by atoms with Gasteiger partial charge in [-0.05, 0) is 48.9 Å². The standard InChI is InChI=1S/C27H26ClN3O5/c1-17-10-20(14-29-13-17)31-25(32)27(8-9-36-23-7-5-19(28)11-22(23)27)16-30(26(31)33)15-18-4-6-21(34-2)12-24(18)35-3/h4-7,10-14H,8-9,15-16H2,1-3H3. The molecule has 0 bridgehead atoms. The summed E-state index contributed by atoms with van der Waals surface area (Å²) >= 11 is 6.36. The number of nitrogens with zero attached hydrogens (tertiary/aromatic N) is 3. The highest BCUT2D eigenvalue weighted by molar-refractivity contribution is 6.30. The summed E-state index contributed by atoms with van der Waals surface area (Å²) in [4.78, 5) is 35.2. The normalized spacial score (nSPS) is 19.2. The number of anilines is 1. The number of amides is 3. The molecule has 1 unspecified atom stereocenters. The van der Waals surface area contributed by atoms with Gasteiger partial charge in [-0.25, -0.2) is 9.69 Å². The number of aryl methyl sites for hydroxylation is 1. The van der Waals surface area contributed by atoms with E-state index >= 15 is 0 Å². The first-order valence-corrected chi connectivity index (χ1v) is 11.9. The van der Waals surface area contributed by atoms with Crippen LogP contribution in [-0.4, -0.2) is 49.2 Å². The van der Waals surface area contributed by atoms with Gasteiger partial charge in [-0.3, -0.25) is 9.78 Å². The summed E-state index contributed by atoms with van der Waals surface area (Å²) < 4.78 is 16.8. The molecule has 1 fully saturated rings. The Morgan fingerprint density at radius 1 is 1.08 bits per heavy atom. The Bertz CT molecular complexity index is 1350. The molecule has 0 saturated carbocycles. The van der Waals surface area contributed by atoms with Crippen LogP contribution in [0.3, 0.4) is 0 Å². The van der Waals surface area contributed by atoms with Gasteiger partial charge in [0.15, 0.2) is 0 Å². The second kappa shape index (κ2) is 9.35. The fourth-order valence-corrected chi connectivity index (χ4v) is 5.13. The molecule has 1 saturated heterocycles. The largest absolute Gasteiger partial charge is 0.497 e. The van der Waals surface area contributed by atoms with Gasteiger partial charge in [0.05, 0.1) is 44.7 Å². The molecule has 1 aromatic heterocycles. The molecule has 0 N–H and O–H groups in total. The first-order valence-electron chi connectivity index (χ1n) is 11.5. The predicted octanol–water partition coefficient (Wildman–Crippen LogP) is 4.75. The summed E-state index contributed by atoms with van der Waals surface area (Å²) in [6.07, 6.45) is 3.62. The highest BCUT2D eigenvalue weighted by Gasteiger charge is 2.54. The molecular formula is C27H26ClN3O5. The van der Waals surface area contributed by atoms with Gasteiger partial charge >= 0.3 is 6.03 Å².